The van der Waals surface area contributed by atoms with Crippen molar-refractivity contribution in [3.05, 3.63) is 35.4 Å². The van der Waals surface area contributed by atoms with Crippen LogP contribution >= 0.6 is 0 Å². The van der Waals surface area contributed by atoms with Crippen LogP contribution in [0, 0.1) is 17.8 Å². The molecule has 1 heterocycles. The number of ketones is 2. The highest BCUT2D eigenvalue weighted by molar-refractivity contribution is 6.44. The SMILES string of the molecule is CC(C)c1ccc(C(=O)C(=O)C2CC2C(C)C(=O)N2CCCC2)cc1. The second kappa shape index (κ2) is 7.11. The smallest absolute Gasteiger partial charge is 0.228 e. The van der Waals surface area contributed by atoms with Crippen molar-refractivity contribution in [2.45, 2.75) is 46.0 Å². The summed E-state index contributed by atoms with van der Waals surface area (Å²) in [5.41, 5.74) is 1.61. The molecule has 1 amide bonds. The second-order valence-electron chi connectivity index (χ2n) is 7.80. The molecule has 1 aliphatic heterocycles. The topological polar surface area (TPSA) is 54.5 Å². The zero-order chi connectivity index (χ0) is 18.1. The lowest BCUT2D eigenvalue weighted by molar-refractivity contribution is -0.134. The van der Waals surface area contributed by atoms with Gasteiger partial charge in [0.05, 0.1) is 0 Å². The molecule has 2 aliphatic rings. The molecule has 1 saturated heterocycles. The Morgan fingerprint density at radius 2 is 1.60 bits per heavy atom. The summed E-state index contributed by atoms with van der Waals surface area (Å²) in [5, 5.41) is 0. The predicted octanol–water partition coefficient (Wildman–Crippen LogP) is 3.46. The zero-order valence-electron chi connectivity index (χ0n) is 15.3. The Balaban J connectivity index is 1.60. The van der Waals surface area contributed by atoms with Crippen LogP contribution in [0.2, 0.25) is 0 Å². The maximum Gasteiger partial charge on any atom is 0.228 e. The maximum absolute atomic E-state index is 12.5. The number of carbonyl (C=O) groups excluding carboxylic acids is 3. The highest BCUT2D eigenvalue weighted by Crippen LogP contribution is 2.46. The van der Waals surface area contributed by atoms with E-state index in [1.54, 1.807) is 12.1 Å². The van der Waals surface area contributed by atoms with Gasteiger partial charge in [0.15, 0.2) is 0 Å². The van der Waals surface area contributed by atoms with Crippen LogP contribution in [0.5, 0.6) is 0 Å². The fourth-order valence-corrected chi connectivity index (χ4v) is 3.81. The number of benzene rings is 1. The molecule has 134 valence electrons. The minimum absolute atomic E-state index is 0.0273. The molecule has 3 rings (SSSR count). The van der Waals surface area contributed by atoms with Gasteiger partial charge in [0.1, 0.15) is 0 Å². The minimum atomic E-state index is -0.413. The van der Waals surface area contributed by atoms with Crippen molar-refractivity contribution in [2.24, 2.45) is 17.8 Å². The van der Waals surface area contributed by atoms with Gasteiger partial charge in [-0.1, -0.05) is 45.0 Å². The molecular weight excluding hydrogens is 314 g/mol. The normalized spacial score (nSPS) is 23.6. The van der Waals surface area contributed by atoms with Crippen LogP contribution in [0.15, 0.2) is 24.3 Å². The van der Waals surface area contributed by atoms with Crippen LogP contribution in [-0.2, 0) is 9.59 Å². The molecule has 0 N–H and O–H groups in total. The molecule has 1 aromatic carbocycles. The molecule has 0 radical (unpaired) electrons. The van der Waals surface area contributed by atoms with E-state index in [4.69, 9.17) is 0 Å². The van der Waals surface area contributed by atoms with Gasteiger partial charge in [0, 0.05) is 30.5 Å². The van der Waals surface area contributed by atoms with Crippen LogP contribution in [0.4, 0.5) is 0 Å². The third-order valence-corrected chi connectivity index (χ3v) is 5.69. The van der Waals surface area contributed by atoms with Crippen LogP contribution in [0.1, 0.15) is 61.9 Å². The molecular formula is C21H27NO3. The molecule has 25 heavy (non-hydrogen) atoms. The molecule has 4 heteroatoms. The summed E-state index contributed by atoms with van der Waals surface area (Å²) in [7, 11) is 0. The summed E-state index contributed by atoms with van der Waals surface area (Å²) < 4.78 is 0. The van der Waals surface area contributed by atoms with E-state index in [9.17, 15) is 14.4 Å². The van der Waals surface area contributed by atoms with Gasteiger partial charge < -0.3 is 4.90 Å². The van der Waals surface area contributed by atoms with E-state index in [1.165, 1.54) is 0 Å². The van der Waals surface area contributed by atoms with Gasteiger partial charge in [0.2, 0.25) is 17.5 Å². The van der Waals surface area contributed by atoms with Crippen molar-refractivity contribution in [1.82, 2.24) is 4.90 Å². The molecule has 0 spiro atoms. The van der Waals surface area contributed by atoms with Crippen LogP contribution in [-0.4, -0.2) is 35.5 Å². The average Bonchev–Trinajstić information content (AvgIpc) is 3.23. The van der Waals surface area contributed by atoms with Crippen LogP contribution in [0.25, 0.3) is 0 Å². The van der Waals surface area contributed by atoms with Crippen molar-refractivity contribution < 1.29 is 14.4 Å². The molecule has 0 bridgehead atoms. The van der Waals surface area contributed by atoms with Gasteiger partial charge in [-0.05, 0) is 36.7 Å². The first-order chi connectivity index (χ1) is 11.9. The Morgan fingerprint density at radius 3 is 2.16 bits per heavy atom. The number of amides is 1. The monoisotopic (exact) mass is 341 g/mol. The van der Waals surface area contributed by atoms with E-state index in [1.807, 2.05) is 24.0 Å². The van der Waals surface area contributed by atoms with Gasteiger partial charge in [-0.3, -0.25) is 14.4 Å². The first kappa shape index (κ1) is 17.8. The molecule has 0 aromatic heterocycles. The number of carbonyl (C=O) groups is 3. The van der Waals surface area contributed by atoms with E-state index < -0.39 is 5.78 Å². The van der Waals surface area contributed by atoms with E-state index in [0.29, 0.717) is 17.9 Å². The van der Waals surface area contributed by atoms with E-state index in [-0.39, 0.29) is 29.4 Å². The Morgan fingerprint density at radius 1 is 1.00 bits per heavy atom. The van der Waals surface area contributed by atoms with Gasteiger partial charge >= 0.3 is 0 Å². The van der Waals surface area contributed by atoms with Crippen LogP contribution < -0.4 is 0 Å². The minimum Gasteiger partial charge on any atom is -0.342 e. The predicted molar refractivity (Wildman–Crippen MR) is 96.4 cm³/mol. The highest BCUT2D eigenvalue weighted by Gasteiger charge is 2.50. The first-order valence-electron chi connectivity index (χ1n) is 9.37. The number of hydrogen-bond acceptors (Lipinski definition) is 3. The number of hydrogen-bond donors (Lipinski definition) is 0. The summed E-state index contributed by atoms with van der Waals surface area (Å²) in [5.74, 6) is -0.620. The quantitative estimate of drug-likeness (QED) is 0.588. The summed E-state index contributed by atoms with van der Waals surface area (Å²) in [6.45, 7) is 7.75. The molecule has 2 fully saturated rings. The van der Waals surface area contributed by atoms with Crippen molar-refractivity contribution in [3.63, 3.8) is 0 Å². The fraction of sp³-hybridized carbons (Fsp3) is 0.571. The van der Waals surface area contributed by atoms with Gasteiger partial charge in [0.25, 0.3) is 0 Å². The first-order valence-corrected chi connectivity index (χ1v) is 9.37. The Kier molecular flexibility index (Phi) is 5.07. The van der Waals surface area contributed by atoms with E-state index in [2.05, 4.69) is 13.8 Å². The molecule has 1 aromatic rings. The molecule has 3 atom stereocenters. The van der Waals surface area contributed by atoms with Gasteiger partial charge in [-0.15, -0.1) is 0 Å². The zero-order valence-corrected chi connectivity index (χ0v) is 15.3. The van der Waals surface area contributed by atoms with E-state index in [0.717, 1.165) is 31.5 Å². The summed E-state index contributed by atoms with van der Waals surface area (Å²) >= 11 is 0. The third kappa shape index (κ3) is 3.68. The Labute approximate surface area is 149 Å². The number of likely N-dealkylation sites (tertiary alicyclic amines) is 1. The highest BCUT2D eigenvalue weighted by atomic mass is 16.2. The number of rotatable bonds is 6. The van der Waals surface area contributed by atoms with Crippen molar-refractivity contribution in [2.75, 3.05) is 13.1 Å². The molecule has 3 unspecified atom stereocenters. The van der Waals surface area contributed by atoms with Crippen molar-refractivity contribution >= 4 is 17.5 Å². The number of nitrogens with zero attached hydrogens (tertiary/aromatic N) is 1. The second-order valence-corrected chi connectivity index (χ2v) is 7.80. The lowest BCUT2D eigenvalue weighted by Crippen LogP contribution is -2.34. The van der Waals surface area contributed by atoms with Crippen LogP contribution in [0.3, 0.4) is 0 Å². The van der Waals surface area contributed by atoms with Gasteiger partial charge in [-0.2, -0.15) is 0 Å². The average molecular weight is 341 g/mol. The summed E-state index contributed by atoms with van der Waals surface area (Å²) in [4.78, 5) is 39.3. The van der Waals surface area contributed by atoms with Gasteiger partial charge in [-0.25, -0.2) is 0 Å². The fourth-order valence-electron chi connectivity index (χ4n) is 3.81. The number of Topliss-reactive ketones (excluding diaryl/α,β-unsaturated/α-hetero) is 2. The Hall–Kier alpha value is -1.97. The largest absolute Gasteiger partial charge is 0.342 e. The van der Waals surface area contributed by atoms with Crippen molar-refractivity contribution in [1.29, 1.82) is 0 Å². The summed E-state index contributed by atoms with van der Waals surface area (Å²) in [6, 6.07) is 7.31. The van der Waals surface area contributed by atoms with Crippen molar-refractivity contribution in [3.8, 4) is 0 Å². The lowest BCUT2D eigenvalue weighted by atomic mass is 9.96. The molecule has 4 nitrogen and oxygen atoms in total. The third-order valence-electron chi connectivity index (χ3n) is 5.69. The molecule has 1 aliphatic carbocycles. The summed E-state index contributed by atoms with van der Waals surface area (Å²) in [6.07, 6.45) is 2.79. The maximum atomic E-state index is 12.5. The standard InChI is InChI=1S/C21H27NO3/c1-13(2)15-6-8-16(9-7-15)19(23)20(24)18-12-17(18)14(3)21(25)22-10-4-5-11-22/h6-9,13-14,17-18H,4-5,10-12H2,1-3H3. The molecule has 1 saturated carbocycles. The Bertz CT molecular complexity index is 671. The lowest BCUT2D eigenvalue weighted by Gasteiger charge is -2.20. The van der Waals surface area contributed by atoms with E-state index >= 15 is 0 Å².